The predicted molar refractivity (Wildman–Crippen MR) is 118 cm³/mol. The first-order valence-corrected chi connectivity index (χ1v) is 10.8. The van der Waals surface area contributed by atoms with Crippen LogP contribution in [0.5, 0.6) is 0 Å². The average Bonchev–Trinajstić information content (AvgIpc) is 3.10. The third-order valence-corrected chi connectivity index (χ3v) is 7.65. The summed E-state index contributed by atoms with van der Waals surface area (Å²) in [5, 5.41) is 11.3. The molecule has 6 nitrogen and oxygen atoms in total. The lowest BCUT2D eigenvalue weighted by atomic mass is 9.46. The van der Waals surface area contributed by atoms with Gasteiger partial charge in [-0.05, 0) is 34.7 Å². The zero-order valence-corrected chi connectivity index (χ0v) is 17.4. The van der Waals surface area contributed by atoms with Crippen LogP contribution in [0, 0.1) is 22.0 Å². The first-order valence-electron chi connectivity index (χ1n) is 10.8. The van der Waals surface area contributed by atoms with Crippen LogP contribution in [-0.2, 0) is 15.0 Å². The van der Waals surface area contributed by atoms with Gasteiger partial charge in [0.25, 0.3) is 5.69 Å². The maximum Gasteiger partial charge on any atom is 0.271 e. The number of nitrogens with zero attached hydrogens (tertiary/aromatic N) is 2. The normalized spacial score (nSPS) is 27.2. The van der Waals surface area contributed by atoms with Gasteiger partial charge in [0.05, 0.1) is 22.4 Å². The lowest BCUT2D eigenvalue weighted by molar-refractivity contribution is -0.384. The number of nitro benzene ring substituents is 1. The van der Waals surface area contributed by atoms with Gasteiger partial charge in [-0.15, -0.1) is 0 Å². The molecule has 3 aromatic rings. The van der Waals surface area contributed by atoms with Crippen LogP contribution in [0.15, 0.2) is 72.8 Å². The van der Waals surface area contributed by atoms with Crippen LogP contribution in [0.1, 0.15) is 41.5 Å². The number of anilines is 1. The van der Waals surface area contributed by atoms with Gasteiger partial charge >= 0.3 is 0 Å². The molecule has 0 N–H and O–H groups in total. The molecule has 7 rings (SSSR count). The summed E-state index contributed by atoms with van der Waals surface area (Å²) in [5.41, 5.74) is 3.98. The Hall–Kier alpha value is -3.80. The highest BCUT2D eigenvalue weighted by molar-refractivity contribution is 6.23. The molecule has 2 amide bonds. The van der Waals surface area contributed by atoms with Gasteiger partial charge in [0.15, 0.2) is 0 Å². The average molecular weight is 424 g/mol. The number of carbonyl (C=O) groups is 2. The fraction of sp³-hybridized carbons (Fsp3) is 0.231. The van der Waals surface area contributed by atoms with Gasteiger partial charge in [-0.1, -0.05) is 61.5 Å². The maximum absolute atomic E-state index is 13.9. The van der Waals surface area contributed by atoms with Gasteiger partial charge in [0.2, 0.25) is 11.8 Å². The number of benzene rings is 3. The van der Waals surface area contributed by atoms with E-state index in [1.807, 2.05) is 24.3 Å². The second-order valence-electron chi connectivity index (χ2n) is 8.77. The van der Waals surface area contributed by atoms with Crippen molar-refractivity contribution in [1.29, 1.82) is 0 Å². The monoisotopic (exact) mass is 424 g/mol. The summed E-state index contributed by atoms with van der Waals surface area (Å²) in [7, 11) is 0. The van der Waals surface area contributed by atoms with Crippen molar-refractivity contribution in [2.45, 2.75) is 24.7 Å². The molecule has 0 radical (unpaired) electrons. The number of non-ortho nitro benzene ring substituents is 1. The molecule has 3 aromatic carbocycles. The van der Waals surface area contributed by atoms with Crippen LogP contribution in [0.4, 0.5) is 11.4 Å². The highest BCUT2D eigenvalue weighted by Crippen LogP contribution is 2.65. The van der Waals surface area contributed by atoms with Crippen molar-refractivity contribution in [2.24, 2.45) is 11.8 Å². The van der Waals surface area contributed by atoms with Gasteiger partial charge in [-0.2, -0.15) is 0 Å². The van der Waals surface area contributed by atoms with E-state index in [1.165, 1.54) is 23.1 Å². The molecule has 1 aliphatic heterocycles. The summed E-state index contributed by atoms with van der Waals surface area (Å²) in [6.07, 6.45) is 0.677. The smallest absolute Gasteiger partial charge is 0.271 e. The van der Waals surface area contributed by atoms with E-state index in [4.69, 9.17) is 0 Å². The number of carbonyl (C=O) groups excluding carboxylic acids is 2. The first-order chi connectivity index (χ1) is 15.5. The molecule has 32 heavy (non-hydrogen) atoms. The van der Waals surface area contributed by atoms with Gasteiger partial charge in [-0.25, -0.2) is 4.90 Å². The Morgan fingerprint density at radius 2 is 1.53 bits per heavy atom. The zero-order chi connectivity index (χ0) is 22.2. The standard InChI is InChI=1S/C26H20N2O4/c1-2-26-19-12-5-3-10-17(19)21(18-11-4-6-13-20(18)26)22-23(26)25(30)27(24(22)29)15-8-7-9-16(14-15)28(31)32/h3-14,21-23H,2H2,1H3/t21?,22-,23+,26?/m0/s1. The minimum absolute atomic E-state index is 0.141. The molecule has 3 aliphatic carbocycles. The van der Waals surface area contributed by atoms with Crippen molar-refractivity contribution in [2.75, 3.05) is 4.90 Å². The van der Waals surface area contributed by atoms with Crippen molar-refractivity contribution >= 4 is 23.2 Å². The minimum Gasteiger partial charge on any atom is -0.274 e. The van der Waals surface area contributed by atoms with E-state index in [-0.39, 0.29) is 29.1 Å². The Kier molecular flexibility index (Phi) is 3.76. The van der Waals surface area contributed by atoms with E-state index < -0.39 is 22.2 Å². The van der Waals surface area contributed by atoms with E-state index in [0.29, 0.717) is 6.42 Å². The maximum atomic E-state index is 13.9. The summed E-state index contributed by atoms with van der Waals surface area (Å²) in [6, 6.07) is 22.1. The van der Waals surface area contributed by atoms with Crippen LogP contribution >= 0.6 is 0 Å². The van der Waals surface area contributed by atoms with Crippen molar-refractivity contribution in [1.82, 2.24) is 0 Å². The molecule has 0 unspecified atom stereocenters. The van der Waals surface area contributed by atoms with Crippen LogP contribution in [-0.4, -0.2) is 16.7 Å². The third kappa shape index (κ3) is 2.09. The summed E-state index contributed by atoms with van der Waals surface area (Å²) >= 11 is 0. The van der Waals surface area contributed by atoms with Crippen LogP contribution in [0.25, 0.3) is 0 Å². The molecule has 1 fully saturated rings. The summed E-state index contributed by atoms with van der Waals surface area (Å²) in [5.74, 6) is -1.80. The Bertz CT molecular complexity index is 1280. The SMILES string of the molecule is CCC12c3ccccc3C(c3ccccc31)[C@@H]1C(=O)N(c3cccc([N+](=O)[O-])c3)C(=O)[C@@H]12. The fourth-order valence-electron chi connectivity index (χ4n) is 6.53. The fourth-order valence-corrected chi connectivity index (χ4v) is 6.53. The molecule has 0 spiro atoms. The van der Waals surface area contributed by atoms with Crippen LogP contribution in [0.3, 0.4) is 0 Å². The van der Waals surface area contributed by atoms with E-state index >= 15 is 0 Å². The Labute approximate surface area is 184 Å². The van der Waals surface area contributed by atoms with Gasteiger partial charge in [0, 0.05) is 23.5 Å². The molecule has 6 heteroatoms. The van der Waals surface area contributed by atoms with Gasteiger partial charge in [-0.3, -0.25) is 19.7 Å². The van der Waals surface area contributed by atoms with Crippen LogP contribution < -0.4 is 4.90 Å². The summed E-state index contributed by atoms with van der Waals surface area (Å²) < 4.78 is 0. The lowest BCUT2D eigenvalue weighted by Crippen LogP contribution is -2.53. The minimum atomic E-state index is -0.602. The molecule has 2 atom stereocenters. The predicted octanol–water partition coefficient (Wildman–Crippen LogP) is 4.56. The molecule has 1 heterocycles. The Morgan fingerprint density at radius 1 is 0.906 bits per heavy atom. The quantitative estimate of drug-likeness (QED) is 0.351. The third-order valence-electron chi connectivity index (χ3n) is 7.65. The number of hydrogen-bond donors (Lipinski definition) is 0. The number of imide groups is 1. The molecule has 0 aromatic heterocycles. The number of nitro groups is 1. The molecule has 2 bridgehead atoms. The van der Waals surface area contributed by atoms with Crippen molar-refractivity contribution < 1.29 is 14.5 Å². The lowest BCUT2D eigenvalue weighted by Gasteiger charge is -2.54. The highest BCUT2D eigenvalue weighted by Gasteiger charge is 2.67. The van der Waals surface area contributed by atoms with E-state index in [0.717, 1.165) is 22.3 Å². The molecule has 4 aliphatic rings. The molecule has 0 saturated carbocycles. The molecule has 158 valence electrons. The van der Waals surface area contributed by atoms with Crippen molar-refractivity contribution in [3.8, 4) is 0 Å². The van der Waals surface area contributed by atoms with Crippen LogP contribution in [0.2, 0.25) is 0 Å². The van der Waals surface area contributed by atoms with Crippen molar-refractivity contribution in [3.05, 3.63) is 105 Å². The zero-order valence-electron chi connectivity index (χ0n) is 17.4. The molecule has 1 saturated heterocycles. The Morgan fingerprint density at radius 3 is 2.12 bits per heavy atom. The first kappa shape index (κ1) is 18.9. The summed E-state index contributed by atoms with van der Waals surface area (Å²) in [6.45, 7) is 2.07. The largest absolute Gasteiger partial charge is 0.274 e. The number of rotatable bonds is 3. The second kappa shape index (κ2) is 6.36. The van der Waals surface area contributed by atoms with Crippen molar-refractivity contribution in [3.63, 3.8) is 0 Å². The number of hydrogen-bond acceptors (Lipinski definition) is 4. The summed E-state index contributed by atoms with van der Waals surface area (Å²) in [4.78, 5) is 39.8. The second-order valence-corrected chi connectivity index (χ2v) is 8.77. The number of amides is 2. The Balaban J connectivity index is 1.61. The topological polar surface area (TPSA) is 80.5 Å². The molecular weight excluding hydrogens is 404 g/mol. The highest BCUT2D eigenvalue weighted by atomic mass is 16.6. The molecular formula is C26H20N2O4. The van der Waals surface area contributed by atoms with E-state index in [2.05, 4.69) is 31.2 Å². The van der Waals surface area contributed by atoms with Gasteiger partial charge in [0.1, 0.15) is 0 Å². The van der Waals surface area contributed by atoms with E-state index in [9.17, 15) is 19.7 Å². The van der Waals surface area contributed by atoms with Gasteiger partial charge < -0.3 is 0 Å². The van der Waals surface area contributed by atoms with E-state index in [1.54, 1.807) is 6.07 Å².